The molecule has 10 aromatic carbocycles. The largest absolute Gasteiger partial charge is 0.376 e. The fourth-order valence-corrected chi connectivity index (χ4v) is 12.4. The summed E-state index contributed by atoms with van der Waals surface area (Å²) in [4.78, 5) is 5.08. The zero-order chi connectivity index (χ0) is 44.5. The zero-order valence-corrected chi connectivity index (χ0v) is 37.8. The molecule has 0 radical (unpaired) electrons. The van der Waals surface area contributed by atoms with Gasteiger partial charge >= 0.3 is 6.85 Å². The summed E-state index contributed by atoms with van der Waals surface area (Å²) in [5, 5.41) is 5.30. The van der Waals surface area contributed by atoms with Gasteiger partial charge in [-0.2, -0.15) is 0 Å². The van der Waals surface area contributed by atoms with Crippen LogP contribution in [0.3, 0.4) is 0 Å². The molecular weight excluding hydrogens is 810 g/mol. The van der Waals surface area contributed by atoms with Gasteiger partial charge in [-0.05, 0) is 123 Å². The Kier molecular flexibility index (Phi) is 8.11. The second-order valence-electron chi connectivity index (χ2n) is 19.3. The third kappa shape index (κ3) is 5.36. The minimum absolute atomic E-state index is 0.0185. The number of aromatic nitrogens is 1. The molecule has 0 bridgehead atoms. The summed E-state index contributed by atoms with van der Waals surface area (Å²) in [5.41, 5.74) is 22.6. The third-order valence-electron chi connectivity index (χ3n) is 15.2. The van der Waals surface area contributed by atoms with Crippen LogP contribution in [0.2, 0.25) is 0 Å². The summed E-state index contributed by atoms with van der Waals surface area (Å²) in [6.07, 6.45) is 0. The van der Waals surface area contributed by atoms with Crippen LogP contribution in [0.1, 0.15) is 53.1 Å². The van der Waals surface area contributed by atoms with Crippen molar-refractivity contribution in [1.82, 2.24) is 4.57 Å². The maximum absolute atomic E-state index is 2.73. The lowest BCUT2D eigenvalue weighted by molar-refractivity contribution is 0.637. The SMILES string of the molecule is Cc1ccc(N2B3c4cccc5c4-n4c6c(c7ccccc7cc6c6c(C(c7ccccc7)c7ccccc7)cc(c3c64)-c3ccc(N(c4ccccc4)c4ccccc4)cc32)C5(C)C)cc1. The predicted molar refractivity (Wildman–Crippen MR) is 283 cm³/mol. The van der Waals surface area contributed by atoms with E-state index in [4.69, 9.17) is 0 Å². The summed E-state index contributed by atoms with van der Waals surface area (Å²) in [7, 11) is 0. The molecule has 3 aliphatic rings. The number of hydrogen-bond donors (Lipinski definition) is 0. The molecule has 4 heteroatoms. The number of benzene rings is 10. The second kappa shape index (κ2) is 14.2. The molecule has 3 nitrogen and oxygen atoms in total. The number of nitrogens with zero attached hydrogens (tertiary/aromatic N) is 3. The topological polar surface area (TPSA) is 11.4 Å². The summed E-state index contributed by atoms with van der Waals surface area (Å²) in [6.45, 7) is 7.01. The molecule has 0 amide bonds. The number of anilines is 5. The van der Waals surface area contributed by atoms with Gasteiger partial charge in [0.1, 0.15) is 0 Å². The Balaban J connectivity index is 1.18. The lowest BCUT2D eigenvalue weighted by atomic mass is 9.43. The first kappa shape index (κ1) is 38.2. The molecule has 1 aromatic heterocycles. The lowest BCUT2D eigenvalue weighted by Gasteiger charge is -2.45. The van der Waals surface area contributed by atoms with E-state index in [9.17, 15) is 0 Å². The molecule has 11 aromatic rings. The van der Waals surface area contributed by atoms with Gasteiger partial charge in [0.25, 0.3) is 0 Å². The van der Waals surface area contributed by atoms with Gasteiger partial charge in [0.15, 0.2) is 0 Å². The molecular formula is C63H46BN3. The van der Waals surface area contributed by atoms with E-state index in [0.717, 1.165) is 17.1 Å². The van der Waals surface area contributed by atoms with Gasteiger partial charge in [0, 0.05) is 61.8 Å². The maximum atomic E-state index is 2.73. The van der Waals surface area contributed by atoms with Gasteiger partial charge in [-0.3, -0.25) is 0 Å². The van der Waals surface area contributed by atoms with E-state index in [1.165, 1.54) is 105 Å². The molecule has 67 heavy (non-hydrogen) atoms. The summed E-state index contributed by atoms with van der Waals surface area (Å²) >= 11 is 0. The molecule has 0 saturated heterocycles. The van der Waals surface area contributed by atoms with Crippen molar-refractivity contribution < 1.29 is 0 Å². The minimum atomic E-state index is -0.284. The van der Waals surface area contributed by atoms with E-state index in [-0.39, 0.29) is 18.2 Å². The predicted octanol–water partition coefficient (Wildman–Crippen LogP) is 14.8. The molecule has 316 valence electrons. The highest BCUT2D eigenvalue weighted by molar-refractivity contribution is 6.93. The Hall–Kier alpha value is -8.08. The first-order valence-corrected chi connectivity index (χ1v) is 23.7. The van der Waals surface area contributed by atoms with E-state index in [0.29, 0.717) is 0 Å². The summed E-state index contributed by atoms with van der Waals surface area (Å²) in [6, 6.07) is 81.9. The number of para-hydroxylation sites is 3. The molecule has 0 aliphatic carbocycles. The lowest BCUT2D eigenvalue weighted by Crippen LogP contribution is -2.61. The van der Waals surface area contributed by atoms with Crippen molar-refractivity contribution in [3.63, 3.8) is 0 Å². The molecule has 0 spiro atoms. The average Bonchev–Trinajstić information content (AvgIpc) is 3.71. The normalized spacial score (nSPS) is 13.8. The highest BCUT2D eigenvalue weighted by Gasteiger charge is 2.49. The summed E-state index contributed by atoms with van der Waals surface area (Å²) < 4.78 is 2.73. The van der Waals surface area contributed by atoms with Crippen LogP contribution in [0.5, 0.6) is 0 Å². The molecule has 0 unspecified atom stereocenters. The van der Waals surface area contributed by atoms with Crippen molar-refractivity contribution in [2.75, 3.05) is 9.71 Å². The highest BCUT2D eigenvalue weighted by atomic mass is 15.2. The van der Waals surface area contributed by atoms with Crippen LogP contribution in [-0.4, -0.2) is 11.4 Å². The minimum Gasteiger partial charge on any atom is -0.376 e. The highest BCUT2D eigenvalue weighted by Crippen LogP contribution is 2.55. The van der Waals surface area contributed by atoms with Gasteiger partial charge in [-0.25, -0.2) is 0 Å². The van der Waals surface area contributed by atoms with Crippen LogP contribution in [-0.2, 0) is 5.41 Å². The molecule has 3 aliphatic heterocycles. The van der Waals surface area contributed by atoms with E-state index < -0.39 is 0 Å². The van der Waals surface area contributed by atoms with Crippen LogP contribution in [0.15, 0.2) is 218 Å². The zero-order valence-electron chi connectivity index (χ0n) is 37.8. The van der Waals surface area contributed by atoms with Crippen LogP contribution in [0, 0.1) is 6.92 Å². The number of hydrogen-bond acceptors (Lipinski definition) is 2. The first-order valence-electron chi connectivity index (χ1n) is 23.7. The van der Waals surface area contributed by atoms with E-state index >= 15 is 0 Å². The van der Waals surface area contributed by atoms with Crippen LogP contribution in [0.25, 0.3) is 49.4 Å². The molecule has 0 atom stereocenters. The Morgan fingerprint density at radius 1 is 0.522 bits per heavy atom. The standard InChI is InChI=1S/C63H46BN3/c1-40-31-33-46(34-32-40)67-55-38-47(65(44-24-12-6-13-25-44)45-26-14-7-15-27-45)35-36-49(55)50-39-51(56(41-19-8-4-9-20-41)42-21-10-5-11-22-42)57-52-37-43-23-16-17-28-48(43)58-60(52)66-61-53(63(58,2)3)29-18-30-54(61)64(67)59(50)62(57)66/h4-39,56H,1-3H3. The molecule has 0 N–H and O–H groups in total. The van der Waals surface area contributed by atoms with Crippen molar-refractivity contribution >= 4 is 78.8 Å². The van der Waals surface area contributed by atoms with Gasteiger partial charge in [-0.15, -0.1) is 0 Å². The van der Waals surface area contributed by atoms with Crippen molar-refractivity contribution in [3.8, 4) is 16.8 Å². The summed E-state index contributed by atoms with van der Waals surface area (Å²) in [5.74, 6) is -0.0185. The smallest absolute Gasteiger partial charge is 0.333 e. The molecule has 14 rings (SSSR count). The first-order chi connectivity index (χ1) is 33.0. The molecule has 0 saturated carbocycles. The van der Waals surface area contributed by atoms with E-state index in [1.54, 1.807) is 0 Å². The monoisotopic (exact) mass is 855 g/mol. The van der Waals surface area contributed by atoms with Crippen LogP contribution < -0.4 is 20.6 Å². The van der Waals surface area contributed by atoms with Crippen molar-refractivity contribution in [3.05, 3.63) is 252 Å². The third-order valence-corrected chi connectivity index (χ3v) is 15.2. The van der Waals surface area contributed by atoms with Crippen LogP contribution in [0.4, 0.5) is 28.4 Å². The van der Waals surface area contributed by atoms with Gasteiger partial charge in [0.2, 0.25) is 0 Å². The van der Waals surface area contributed by atoms with Gasteiger partial charge < -0.3 is 14.3 Å². The van der Waals surface area contributed by atoms with Gasteiger partial charge in [0.05, 0.1) is 11.0 Å². The molecule has 4 heterocycles. The van der Waals surface area contributed by atoms with Gasteiger partial charge in [-0.1, -0.05) is 177 Å². The second-order valence-corrected chi connectivity index (χ2v) is 19.3. The maximum Gasteiger partial charge on any atom is 0.333 e. The fourth-order valence-electron chi connectivity index (χ4n) is 12.4. The van der Waals surface area contributed by atoms with Crippen LogP contribution >= 0.6 is 0 Å². The Labute approximate surface area is 391 Å². The van der Waals surface area contributed by atoms with Crippen molar-refractivity contribution in [2.24, 2.45) is 0 Å². The Morgan fingerprint density at radius 3 is 1.82 bits per heavy atom. The number of rotatable bonds is 7. The van der Waals surface area contributed by atoms with E-state index in [1.807, 2.05) is 0 Å². The quantitative estimate of drug-likeness (QED) is 0.117. The number of fused-ring (bicyclic) bond motifs is 6. The Morgan fingerprint density at radius 2 is 1.15 bits per heavy atom. The molecule has 0 fully saturated rings. The Bertz CT molecular complexity index is 3700. The fraction of sp³-hybridized carbons (Fsp3) is 0.0794. The number of aryl methyl sites for hydroxylation is 1. The van der Waals surface area contributed by atoms with Crippen molar-refractivity contribution in [1.29, 1.82) is 0 Å². The van der Waals surface area contributed by atoms with Crippen molar-refractivity contribution in [2.45, 2.75) is 32.1 Å². The average molecular weight is 856 g/mol. The van der Waals surface area contributed by atoms with E-state index in [2.05, 4.69) is 253 Å².